The Bertz CT molecular complexity index is 410. The van der Waals surface area contributed by atoms with Crippen molar-refractivity contribution in [1.29, 1.82) is 0 Å². The van der Waals surface area contributed by atoms with Gasteiger partial charge in [-0.3, -0.25) is 4.98 Å². The van der Waals surface area contributed by atoms with Crippen LogP contribution in [0.4, 0.5) is 5.82 Å². The van der Waals surface area contributed by atoms with Crippen molar-refractivity contribution in [3.05, 3.63) is 28.7 Å². The summed E-state index contributed by atoms with van der Waals surface area (Å²) in [6, 6.07) is 3.60. The summed E-state index contributed by atoms with van der Waals surface area (Å²) in [5.41, 5.74) is 6.29. The van der Waals surface area contributed by atoms with E-state index in [0.717, 1.165) is 10.7 Å². The van der Waals surface area contributed by atoms with E-state index in [1.807, 2.05) is 6.07 Å². The standard InChI is InChI=1S/C8H6ClN3S/c9-5-1-2-6(11-3-5)8-12-7(10)4-13-8/h1-4H,10H2. The highest BCUT2D eigenvalue weighted by atomic mass is 35.5. The largest absolute Gasteiger partial charge is 0.383 e. The van der Waals surface area contributed by atoms with Crippen LogP contribution in [0.15, 0.2) is 23.7 Å². The summed E-state index contributed by atoms with van der Waals surface area (Å²) in [6.45, 7) is 0. The SMILES string of the molecule is Nc1csc(-c2ccc(Cl)cn2)n1. The third-order valence-electron chi connectivity index (χ3n) is 1.47. The van der Waals surface area contributed by atoms with Crippen molar-refractivity contribution in [2.45, 2.75) is 0 Å². The van der Waals surface area contributed by atoms with Gasteiger partial charge in [0, 0.05) is 11.6 Å². The Labute approximate surface area is 84.2 Å². The van der Waals surface area contributed by atoms with Gasteiger partial charge < -0.3 is 5.73 Å². The minimum Gasteiger partial charge on any atom is -0.383 e. The summed E-state index contributed by atoms with van der Waals surface area (Å²) in [6.07, 6.45) is 1.59. The Morgan fingerprint density at radius 2 is 2.23 bits per heavy atom. The minimum atomic E-state index is 0.525. The van der Waals surface area contributed by atoms with E-state index in [1.54, 1.807) is 17.6 Å². The molecule has 66 valence electrons. The molecular weight excluding hydrogens is 206 g/mol. The molecule has 0 saturated carbocycles. The molecule has 13 heavy (non-hydrogen) atoms. The van der Waals surface area contributed by atoms with Crippen LogP contribution in [-0.4, -0.2) is 9.97 Å². The van der Waals surface area contributed by atoms with Gasteiger partial charge in [0.05, 0.1) is 10.7 Å². The maximum Gasteiger partial charge on any atom is 0.144 e. The average molecular weight is 212 g/mol. The lowest BCUT2D eigenvalue weighted by Crippen LogP contribution is -1.85. The smallest absolute Gasteiger partial charge is 0.144 e. The predicted molar refractivity (Wildman–Crippen MR) is 54.8 cm³/mol. The fourth-order valence-electron chi connectivity index (χ4n) is 0.906. The average Bonchev–Trinajstić information content (AvgIpc) is 2.53. The van der Waals surface area contributed by atoms with Crippen LogP contribution < -0.4 is 5.73 Å². The lowest BCUT2D eigenvalue weighted by molar-refractivity contribution is 1.29. The molecule has 0 spiro atoms. The van der Waals surface area contributed by atoms with Gasteiger partial charge in [0.2, 0.25) is 0 Å². The van der Waals surface area contributed by atoms with Gasteiger partial charge in [-0.2, -0.15) is 0 Å². The van der Waals surface area contributed by atoms with Crippen LogP contribution in [0.25, 0.3) is 10.7 Å². The van der Waals surface area contributed by atoms with E-state index in [0.29, 0.717) is 10.8 Å². The second-order valence-electron chi connectivity index (χ2n) is 2.44. The lowest BCUT2D eigenvalue weighted by Gasteiger charge is -1.93. The maximum absolute atomic E-state index is 5.70. The van der Waals surface area contributed by atoms with Gasteiger partial charge in [0.1, 0.15) is 10.8 Å². The number of pyridine rings is 1. The van der Waals surface area contributed by atoms with Crippen molar-refractivity contribution in [2.75, 3.05) is 5.73 Å². The van der Waals surface area contributed by atoms with Gasteiger partial charge in [-0.15, -0.1) is 11.3 Å². The molecule has 0 amide bonds. The van der Waals surface area contributed by atoms with Gasteiger partial charge >= 0.3 is 0 Å². The number of aromatic nitrogens is 2. The number of hydrogen-bond acceptors (Lipinski definition) is 4. The summed E-state index contributed by atoms with van der Waals surface area (Å²) in [7, 11) is 0. The Balaban J connectivity index is 2.41. The molecule has 0 aromatic carbocycles. The van der Waals surface area contributed by atoms with Crippen molar-refractivity contribution in [3.8, 4) is 10.7 Å². The number of nitrogens with zero attached hydrogens (tertiary/aromatic N) is 2. The van der Waals surface area contributed by atoms with Gasteiger partial charge in [0.15, 0.2) is 0 Å². The summed E-state index contributed by atoms with van der Waals surface area (Å²) in [5.74, 6) is 0.525. The molecule has 2 N–H and O–H groups in total. The van der Waals surface area contributed by atoms with E-state index < -0.39 is 0 Å². The van der Waals surface area contributed by atoms with Crippen molar-refractivity contribution in [1.82, 2.24) is 9.97 Å². The third kappa shape index (κ3) is 1.79. The van der Waals surface area contributed by atoms with Crippen LogP contribution in [0.3, 0.4) is 0 Å². The highest BCUT2D eigenvalue weighted by molar-refractivity contribution is 7.13. The molecule has 0 fully saturated rings. The Morgan fingerprint density at radius 1 is 1.38 bits per heavy atom. The number of rotatable bonds is 1. The van der Waals surface area contributed by atoms with E-state index >= 15 is 0 Å². The number of nitrogen functional groups attached to an aromatic ring is 1. The summed E-state index contributed by atoms with van der Waals surface area (Å²) >= 11 is 7.17. The first-order chi connectivity index (χ1) is 6.25. The van der Waals surface area contributed by atoms with E-state index in [1.165, 1.54) is 11.3 Å². The van der Waals surface area contributed by atoms with Crippen molar-refractivity contribution >= 4 is 28.8 Å². The summed E-state index contributed by atoms with van der Waals surface area (Å²) in [5, 5.41) is 3.22. The highest BCUT2D eigenvalue weighted by Gasteiger charge is 2.03. The molecular formula is C8H6ClN3S. The molecule has 2 aromatic rings. The molecule has 0 saturated heterocycles. The highest BCUT2D eigenvalue weighted by Crippen LogP contribution is 2.23. The molecule has 0 unspecified atom stereocenters. The number of hydrogen-bond donors (Lipinski definition) is 1. The zero-order valence-corrected chi connectivity index (χ0v) is 8.14. The van der Waals surface area contributed by atoms with Crippen LogP contribution in [0.2, 0.25) is 5.02 Å². The Kier molecular flexibility index (Phi) is 2.16. The van der Waals surface area contributed by atoms with Crippen molar-refractivity contribution < 1.29 is 0 Å². The molecule has 2 rings (SSSR count). The zero-order valence-electron chi connectivity index (χ0n) is 6.57. The van der Waals surface area contributed by atoms with Crippen LogP contribution >= 0.6 is 22.9 Å². The van der Waals surface area contributed by atoms with Crippen molar-refractivity contribution in [2.24, 2.45) is 0 Å². The normalized spacial score (nSPS) is 10.2. The minimum absolute atomic E-state index is 0.525. The molecule has 0 bridgehead atoms. The van der Waals surface area contributed by atoms with Gasteiger partial charge in [-0.1, -0.05) is 11.6 Å². The first kappa shape index (κ1) is 8.47. The monoisotopic (exact) mass is 211 g/mol. The quantitative estimate of drug-likeness (QED) is 0.788. The first-order valence-electron chi connectivity index (χ1n) is 3.58. The molecule has 0 atom stereocenters. The number of nitrogens with two attached hydrogens (primary N) is 1. The van der Waals surface area contributed by atoms with Gasteiger partial charge in [-0.25, -0.2) is 4.98 Å². The number of halogens is 1. The third-order valence-corrected chi connectivity index (χ3v) is 2.58. The second-order valence-corrected chi connectivity index (χ2v) is 3.73. The summed E-state index contributed by atoms with van der Waals surface area (Å²) in [4.78, 5) is 8.22. The van der Waals surface area contributed by atoms with E-state index in [2.05, 4.69) is 9.97 Å². The molecule has 0 aliphatic rings. The molecule has 0 radical (unpaired) electrons. The predicted octanol–water partition coefficient (Wildman–Crippen LogP) is 2.44. The number of anilines is 1. The maximum atomic E-state index is 5.70. The van der Waals surface area contributed by atoms with Gasteiger partial charge in [-0.05, 0) is 12.1 Å². The topological polar surface area (TPSA) is 51.8 Å². The van der Waals surface area contributed by atoms with E-state index in [-0.39, 0.29) is 0 Å². The van der Waals surface area contributed by atoms with Crippen LogP contribution in [0.5, 0.6) is 0 Å². The fourth-order valence-corrected chi connectivity index (χ4v) is 1.70. The Hall–Kier alpha value is -1.13. The Morgan fingerprint density at radius 3 is 2.77 bits per heavy atom. The second kappa shape index (κ2) is 3.32. The molecule has 3 nitrogen and oxygen atoms in total. The molecule has 0 aliphatic heterocycles. The van der Waals surface area contributed by atoms with E-state index in [4.69, 9.17) is 17.3 Å². The first-order valence-corrected chi connectivity index (χ1v) is 4.84. The molecule has 2 heterocycles. The number of thiazole rings is 1. The fraction of sp³-hybridized carbons (Fsp3) is 0. The van der Waals surface area contributed by atoms with Crippen molar-refractivity contribution in [3.63, 3.8) is 0 Å². The van der Waals surface area contributed by atoms with Crippen LogP contribution in [0, 0.1) is 0 Å². The van der Waals surface area contributed by atoms with E-state index in [9.17, 15) is 0 Å². The molecule has 2 aromatic heterocycles. The summed E-state index contributed by atoms with van der Waals surface area (Å²) < 4.78 is 0. The van der Waals surface area contributed by atoms with Gasteiger partial charge in [0.25, 0.3) is 0 Å². The van der Waals surface area contributed by atoms with Crippen LogP contribution in [0.1, 0.15) is 0 Å². The molecule has 0 aliphatic carbocycles. The lowest BCUT2D eigenvalue weighted by atomic mass is 10.4. The van der Waals surface area contributed by atoms with Crippen LogP contribution in [-0.2, 0) is 0 Å². The molecule has 5 heteroatoms. The zero-order chi connectivity index (χ0) is 9.26.